The Labute approximate surface area is 120 Å². The van der Waals surface area contributed by atoms with Crippen molar-refractivity contribution in [2.45, 2.75) is 51.0 Å². The van der Waals surface area contributed by atoms with Gasteiger partial charge >= 0.3 is 0 Å². The lowest BCUT2D eigenvalue weighted by molar-refractivity contribution is 0.340. The highest BCUT2D eigenvalue weighted by molar-refractivity contribution is 7.80. The summed E-state index contributed by atoms with van der Waals surface area (Å²) >= 11 is 5.47. The number of thiocarbonyl (C=S) groups is 1. The number of rotatable bonds is 3. The van der Waals surface area contributed by atoms with E-state index < -0.39 is 0 Å². The van der Waals surface area contributed by atoms with Crippen LogP contribution in [0.3, 0.4) is 0 Å². The van der Waals surface area contributed by atoms with Crippen LogP contribution in [0.2, 0.25) is 0 Å². The van der Waals surface area contributed by atoms with Gasteiger partial charge in [0.15, 0.2) is 5.11 Å². The third kappa shape index (κ3) is 2.89. The van der Waals surface area contributed by atoms with Crippen molar-refractivity contribution in [2.75, 3.05) is 5.32 Å². The van der Waals surface area contributed by atoms with Crippen LogP contribution in [0.4, 0.5) is 5.82 Å². The molecule has 19 heavy (non-hydrogen) atoms. The maximum absolute atomic E-state index is 5.47. The van der Waals surface area contributed by atoms with Crippen LogP contribution in [0, 0.1) is 12.8 Å². The predicted molar refractivity (Wildman–Crippen MR) is 82.3 cm³/mol. The average molecular weight is 275 g/mol. The molecule has 1 aromatic rings. The summed E-state index contributed by atoms with van der Waals surface area (Å²) in [5.41, 5.74) is 1.46. The van der Waals surface area contributed by atoms with Gasteiger partial charge in [-0.1, -0.05) is 12.8 Å². The van der Waals surface area contributed by atoms with E-state index in [-0.39, 0.29) is 5.54 Å². The van der Waals surface area contributed by atoms with Crippen molar-refractivity contribution < 1.29 is 0 Å². The SMILES string of the molecule is Cc1ccnc(NC(=S)NC2(C3CC3)CCCC2)c1. The molecular weight excluding hydrogens is 254 g/mol. The molecule has 0 bridgehead atoms. The Morgan fingerprint density at radius 2 is 2.11 bits per heavy atom. The van der Waals surface area contributed by atoms with Crippen LogP contribution in [0.5, 0.6) is 0 Å². The second-order valence-electron chi connectivity index (χ2n) is 5.94. The highest BCUT2D eigenvalue weighted by Gasteiger charge is 2.47. The molecule has 0 spiro atoms. The molecule has 3 nitrogen and oxygen atoms in total. The molecule has 102 valence electrons. The molecule has 3 rings (SSSR count). The lowest BCUT2D eigenvalue weighted by atomic mass is 9.91. The summed E-state index contributed by atoms with van der Waals surface area (Å²) in [4.78, 5) is 4.30. The molecule has 1 aromatic heterocycles. The minimum absolute atomic E-state index is 0.272. The van der Waals surface area contributed by atoms with Crippen LogP contribution in [0.1, 0.15) is 44.1 Å². The number of nitrogens with one attached hydrogen (secondary N) is 2. The van der Waals surface area contributed by atoms with Gasteiger partial charge in [-0.15, -0.1) is 0 Å². The number of aromatic nitrogens is 1. The quantitative estimate of drug-likeness (QED) is 0.829. The topological polar surface area (TPSA) is 37.0 Å². The summed E-state index contributed by atoms with van der Waals surface area (Å²) in [5.74, 6) is 1.67. The van der Waals surface area contributed by atoms with Crippen molar-refractivity contribution in [3.63, 3.8) is 0 Å². The van der Waals surface area contributed by atoms with E-state index in [1.807, 2.05) is 18.3 Å². The number of nitrogens with zero attached hydrogens (tertiary/aromatic N) is 1. The number of aryl methyl sites for hydroxylation is 1. The fourth-order valence-corrected chi connectivity index (χ4v) is 3.56. The summed E-state index contributed by atoms with van der Waals surface area (Å²) < 4.78 is 0. The second kappa shape index (κ2) is 5.08. The molecular formula is C15H21N3S. The van der Waals surface area contributed by atoms with E-state index in [1.165, 1.54) is 44.1 Å². The number of hydrogen-bond donors (Lipinski definition) is 2. The molecule has 0 unspecified atom stereocenters. The largest absolute Gasteiger partial charge is 0.357 e. The van der Waals surface area contributed by atoms with Gasteiger partial charge in [0.05, 0.1) is 0 Å². The molecule has 2 N–H and O–H groups in total. The van der Waals surface area contributed by atoms with Crippen molar-refractivity contribution >= 4 is 23.1 Å². The smallest absolute Gasteiger partial charge is 0.172 e. The molecule has 0 saturated heterocycles. The van der Waals surface area contributed by atoms with Crippen LogP contribution in [-0.2, 0) is 0 Å². The van der Waals surface area contributed by atoms with E-state index in [0.29, 0.717) is 0 Å². The third-order valence-corrected chi connectivity index (χ3v) is 4.58. The minimum atomic E-state index is 0.272. The maximum atomic E-state index is 5.47. The van der Waals surface area contributed by atoms with Gasteiger partial charge in [-0.25, -0.2) is 4.98 Å². The molecule has 4 heteroatoms. The molecule has 2 aliphatic carbocycles. The Balaban J connectivity index is 1.64. The Kier molecular flexibility index (Phi) is 3.44. The number of anilines is 1. The zero-order chi connectivity index (χ0) is 13.3. The maximum Gasteiger partial charge on any atom is 0.172 e. The second-order valence-corrected chi connectivity index (χ2v) is 6.34. The Hall–Kier alpha value is -1.16. The van der Waals surface area contributed by atoms with Crippen molar-refractivity contribution in [3.8, 4) is 0 Å². The Morgan fingerprint density at radius 3 is 2.74 bits per heavy atom. The van der Waals surface area contributed by atoms with Crippen LogP contribution in [-0.4, -0.2) is 15.6 Å². The van der Waals surface area contributed by atoms with E-state index >= 15 is 0 Å². The molecule has 0 amide bonds. The Bertz CT molecular complexity index is 476. The van der Waals surface area contributed by atoms with E-state index in [9.17, 15) is 0 Å². The van der Waals surface area contributed by atoms with Gasteiger partial charge < -0.3 is 10.6 Å². The van der Waals surface area contributed by atoms with E-state index in [4.69, 9.17) is 12.2 Å². The predicted octanol–water partition coefficient (Wildman–Crippen LogP) is 3.40. The van der Waals surface area contributed by atoms with E-state index in [1.54, 1.807) is 0 Å². The molecule has 0 aromatic carbocycles. The molecule has 2 aliphatic rings. The molecule has 2 saturated carbocycles. The number of hydrogen-bond acceptors (Lipinski definition) is 2. The lowest BCUT2D eigenvalue weighted by Gasteiger charge is -2.32. The molecule has 0 atom stereocenters. The lowest BCUT2D eigenvalue weighted by Crippen LogP contribution is -2.49. The summed E-state index contributed by atoms with van der Waals surface area (Å²) in [5, 5.41) is 7.56. The van der Waals surface area contributed by atoms with Crippen LogP contribution in [0.15, 0.2) is 18.3 Å². The zero-order valence-corrected chi connectivity index (χ0v) is 12.2. The van der Waals surface area contributed by atoms with Crippen molar-refractivity contribution in [3.05, 3.63) is 23.9 Å². The summed E-state index contributed by atoms with van der Waals surface area (Å²) in [6, 6.07) is 4.01. The van der Waals surface area contributed by atoms with Crippen LogP contribution >= 0.6 is 12.2 Å². The fraction of sp³-hybridized carbons (Fsp3) is 0.600. The first-order valence-corrected chi connectivity index (χ1v) is 7.61. The highest BCUT2D eigenvalue weighted by atomic mass is 32.1. The number of pyridine rings is 1. The van der Waals surface area contributed by atoms with Crippen LogP contribution in [0.25, 0.3) is 0 Å². The standard InChI is InChI=1S/C15H21N3S/c1-11-6-9-16-13(10-11)17-14(19)18-15(12-4-5-12)7-2-3-8-15/h6,9-10,12H,2-5,7-8H2,1H3,(H2,16,17,18,19). The molecule has 0 radical (unpaired) electrons. The van der Waals surface area contributed by atoms with E-state index in [0.717, 1.165) is 16.8 Å². The van der Waals surface area contributed by atoms with Crippen molar-refractivity contribution in [1.82, 2.24) is 10.3 Å². The molecule has 0 aliphatic heterocycles. The van der Waals surface area contributed by atoms with Gasteiger partial charge in [-0.05, 0) is 68.4 Å². The summed E-state index contributed by atoms with van der Waals surface area (Å²) in [6.45, 7) is 2.06. The average Bonchev–Trinajstić information content (AvgIpc) is 3.12. The van der Waals surface area contributed by atoms with E-state index in [2.05, 4.69) is 22.5 Å². The van der Waals surface area contributed by atoms with Crippen molar-refractivity contribution in [1.29, 1.82) is 0 Å². The van der Waals surface area contributed by atoms with Gasteiger partial charge in [-0.3, -0.25) is 0 Å². The zero-order valence-electron chi connectivity index (χ0n) is 11.4. The molecule has 2 fully saturated rings. The first-order valence-electron chi connectivity index (χ1n) is 7.20. The van der Waals surface area contributed by atoms with Gasteiger partial charge in [0.2, 0.25) is 0 Å². The van der Waals surface area contributed by atoms with Crippen LogP contribution < -0.4 is 10.6 Å². The first-order chi connectivity index (χ1) is 9.18. The van der Waals surface area contributed by atoms with Crippen molar-refractivity contribution in [2.24, 2.45) is 5.92 Å². The summed E-state index contributed by atoms with van der Waals surface area (Å²) in [7, 11) is 0. The molecule has 1 heterocycles. The van der Waals surface area contributed by atoms with Gasteiger partial charge in [0.1, 0.15) is 5.82 Å². The van der Waals surface area contributed by atoms with Gasteiger partial charge in [-0.2, -0.15) is 0 Å². The normalized spacial score (nSPS) is 21.1. The third-order valence-electron chi connectivity index (χ3n) is 4.37. The monoisotopic (exact) mass is 275 g/mol. The minimum Gasteiger partial charge on any atom is -0.357 e. The summed E-state index contributed by atoms with van der Waals surface area (Å²) in [6.07, 6.45) is 9.72. The fourth-order valence-electron chi connectivity index (χ4n) is 3.26. The Morgan fingerprint density at radius 1 is 1.37 bits per heavy atom. The first kappa shape index (κ1) is 12.9. The highest BCUT2D eigenvalue weighted by Crippen LogP contribution is 2.48. The van der Waals surface area contributed by atoms with Gasteiger partial charge in [0, 0.05) is 11.7 Å². The van der Waals surface area contributed by atoms with Gasteiger partial charge in [0.25, 0.3) is 0 Å².